The Hall–Kier alpha value is -2.14. The fourth-order valence-electron chi connectivity index (χ4n) is 2.69. The number of aliphatic carboxylic acids is 1. The number of thiophene rings is 1. The van der Waals surface area contributed by atoms with Crippen molar-refractivity contribution in [2.45, 2.75) is 32.7 Å². The molecule has 0 saturated carbocycles. The second-order valence-electron chi connectivity index (χ2n) is 5.33. The molecule has 4 nitrogen and oxygen atoms in total. The molecule has 2 heterocycles. The third-order valence-corrected chi connectivity index (χ3v) is 4.48. The Labute approximate surface area is 133 Å². The van der Waals surface area contributed by atoms with E-state index in [4.69, 9.17) is 10.1 Å². The maximum atomic E-state index is 10.9. The molecule has 0 radical (unpaired) electrons. The molecule has 5 heteroatoms. The summed E-state index contributed by atoms with van der Waals surface area (Å²) in [6.45, 7) is 3.08. The van der Waals surface area contributed by atoms with Crippen LogP contribution in [0.2, 0.25) is 0 Å². The number of carboxylic acid groups (broad SMARTS) is 1. The van der Waals surface area contributed by atoms with Gasteiger partial charge in [-0.1, -0.05) is 19.1 Å². The van der Waals surface area contributed by atoms with Crippen LogP contribution in [-0.2, 0) is 24.2 Å². The van der Waals surface area contributed by atoms with E-state index in [2.05, 4.69) is 29.0 Å². The van der Waals surface area contributed by atoms with Crippen LogP contribution >= 0.6 is 11.3 Å². The highest BCUT2D eigenvalue weighted by molar-refractivity contribution is 7.09. The van der Waals surface area contributed by atoms with Gasteiger partial charge in [0.25, 0.3) is 0 Å². The minimum absolute atomic E-state index is 0.0385. The van der Waals surface area contributed by atoms with Crippen molar-refractivity contribution in [3.63, 3.8) is 0 Å². The molecule has 22 heavy (non-hydrogen) atoms. The third-order valence-electron chi connectivity index (χ3n) is 3.61. The summed E-state index contributed by atoms with van der Waals surface area (Å²) in [6.07, 6.45) is 1.90. The van der Waals surface area contributed by atoms with Gasteiger partial charge < -0.3 is 9.67 Å². The molecule has 0 aliphatic heterocycles. The summed E-state index contributed by atoms with van der Waals surface area (Å²) < 4.78 is 2.25. The van der Waals surface area contributed by atoms with Crippen molar-refractivity contribution in [1.82, 2.24) is 9.55 Å². The zero-order chi connectivity index (χ0) is 15.5. The predicted molar refractivity (Wildman–Crippen MR) is 88.5 cm³/mol. The number of benzene rings is 1. The van der Waals surface area contributed by atoms with Gasteiger partial charge in [-0.15, -0.1) is 11.3 Å². The van der Waals surface area contributed by atoms with Crippen molar-refractivity contribution >= 4 is 28.3 Å². The summed E-state index contributed by atoms with van der Waals surface area (Å²) in [4.78, 5) is 16.9. The van der Waals surface area contributed by atoms with Crippen molar-refractivity contribution < 1.29 is 9.90 Å². The van der Waals surface area contributed by atoms with Crippen LogP contribution in [0.25, 0.3) is 11.0 Å². The van der Waals surface area contributed by atoms with Gasteiger partial charge in [-0.3, -0.25) is 4.79 Å². The van der Waals surface area contributed by atoms with Gasteiger partial charge in [0, 0.05) is 17.8 Å². The average molecular weight is 314 g/mol. The van der Waals surface area contributed by atoms with Crippen LogP contribution in [0.5, 0.6) is 0 Å². The van der Waals surface area contributed by atoms with Gasteiger partial charge in [0.1, 0.15) is 5.82 Å². The van der Waals surface area contributed by atoms with E-state index in [-0.39, 0.29) is 6.42 Å². The summed E-state index contributed by atoms with van der Waals surface area (Å²) in [7, 11) is 0. The normalized spacial score (nSPS) is 11.1. The highest BCUT2D eigenvalue weighted by Crippen LogP contribution is 2.22. The summed E-state index contributed by atoms with van der Waals surface area (Å²) in [5.74, 6) is 0.234. The molecule has 3 rings (SSSR count). The molecule has 0 aliphatic rings. The second kappa shape index (κ2) is 6.32. The van der Waals surface area contributed by atoms with Gasteiger partial charge >= 0.3 is 5.97 Å². The van der Waals surface area contributed by atoms with Crippen LogP contribution in [0.1, 0.15) is 29.6 Å². The van der Waals surface area contributed by atoms with E-state index in [1.807, 2.05) is 18.2 Å². The van der Waals surface area contributed by atoms with E-state index in [9.17, 15) is 4.79 Å². The average Bonchev–Trinajstić information content (AvgIpc) is 3.08. The van der Waals surface area contributed by atoms with Crippen LogP contribution in [0, 0.1) is 0 Å². The summed E-state index contributed by atoms with van der Waals surface area (Å²) in [6, 6.07) is 9.95. The Morgan fingerprint density at radius 3 is 2.91 bits per heavy atom. The number of imidazole rings is 1. The van der Waals surface area contributed by atoms with E-state index in [1.165, 1.54) is 4.88 Å². The molecule has 0 amide bonds. The second-order valence-corrected chi connectivity index (χ2v) is 6.36. The number of aryl methyl sites for hydroxylation is 1. The van der Waals surface area contributed by atoms with E-state index < -0.39 is 5.97 Å². The molecule has 114 valence electrons. The molecule has 0 aliphatic carbocycles. The lowest BCUT2D eigenvalue weighted by atomic mass is 10.1. The number of hydrogen-bond donors (Lipinski definition) is 1. The number of aromatic nitrogens is 2. The highest BCUT2D eigenvalue weighted by Gasteiger charge is 2.12. The topological polar surface area (TPSA) is 55.1 Å². The number of hydrogen-bond acceptors (Lipinski definition) is 3. The summed E-state index contributed by atoms with van der Waals surface area (Å²) in [5.41, 5.74) is 2.77. The summed E-state index contributed by atoms with van der Waals surface area (Å²) >= 11 is 1.73. The fourth-order valence-corrected chi connectivity index (χ4v) is 3.39. The molecule has 0 fully saturated rings. The van der Waals surface area contributed by atoms with Crippen molar-refractivity contribution in [1.29, 1.82) is 0 Å². The monoisotopic (exact) mass is 314 g/mol. The minimum Gasteiger partial charge on any atom is -0.481 e. The summed E-state index contributed by atoms with van der Waals surface area (Å²) in [5, 5.41) is 11.0. The molecule has 0 bridgehead atoms. The standard InChI is InChI=1S/C17H18N2O2S/c1-2-7-19-15-6-5-12(10-17(20)21)9-14(15)18-16(19)11-13-4-3-8-22-13/h3-6,8-9H,2,7,10-11H2,1H3,(H,20,21). The van der Waals surface area contributed by atoms with Crippen LogP contribution in [0.15, 0.2) is 35.7 Å². The van der Waals surface area contributed by atoms with Gasteiger partial charge in [-0.2, -0.15) is 0 Å². The van der Waals surface area contributed by atoms with Crippen LogP contribution < -0.4 is 0 Å². The van der Waals surface area contributed by atoms with Gasteiger partial charge in [0.05, 0.1) is 17.5 Å². The number of nitrogens with zero attached hydrogens (tertiary/aromatic N) is 2. The first kappa shape index (κ1) is 14.8. The Kier molecular flexibility index (Phi) is 4.24. The maximum absolute atomic E-state index is 10.9. The molecule has 1 N–H and O–H groups in total. The Bertz CT molecular complexity index is 790. The number of fused-ring (bicyclic) bond motifs is 1. The maximum Gasteiger partial charge on any atom is 0.307 e. The first-order valence-corrected chi connectivity index (χ1v) is 8.27. The van der Waals surface area contributed by atoms with Gasteiger partial charge in [-0.05, 0) is 35.6 Å². The molecule has 0 atom stereocenters. The van der Waals surface area contributed by atoms with E-state index >= 15 is 0 Å². The van der Waals surface area contributed by atoms with Crippen molar-refractivity contribution in [3.05, 3.63) is 52.0 Å². The zero-order valence-electron chi connectivity index (χ0n) is 12.5. The smallest absolute Gasteiger partial charge is 0.307 e. The predicted octanol–water partition coefficient (Wildman–Crippen LogP) is 3.73. The highest BCUT2D eigenvalue weighted by atomic mass is 32.1. The molecule has 0 unspecified atom stereocenters. The largest absolute Gasteiger partial charge is 0.481 e. The fraction of sp³-hybridized carbons (Fsp3) is 0.294. The number of rotatable bonds is 6. The Balaban J connectivity index is 2.02. The van der Waals surface area contributed by atoms with Crippen molar-refractivity contribution in [2.75, 3.05) is 0 Å². The number of carboxylic acids is 1. The van der Waals surface area contributed by atoms with E-state index in [1.54, 1.807) is 11.3 Å². The molecular weight excluding hydrogens is 296 g/mol. The molecule has 2 aromatic heterocycles. The van der Waals surface area contributed by atoms with E-state index in [0.717, 1.165) is 41.8 Å². The third kappa shape index (κ3) is 3.04. The Morgan fingerprint density at radius 1 is 1.36 bits per heavy atom. The molecule has 0 saturated heterocycles. The SMILES string of the molecule is CCCn1c(Cc2cccs2)nc2cc(CC(=O)O)ccc21. The van der Waals surface area contributed by atoms with Gasteiger partial charge in [-0.25, -0.2) is 4.98 Å². The molecule has 1 aromatic carbocycles. The first-order valence-electron chi connectivity index (χ1n) is 7.39. The van der Waals surface area contributed by atoms with Crippen LogP contribution in [0.4, 0.5) is 0 Å². The lowest BCUT2D eigenvalue weighted by molar-refractivity contribution is -0.136. The zero-order valence-corrected chi connectivity index (χ0v) is 13.3. The van der Waals surface area contributed by atoms with Gasteiger partial charge in [0.2, 0.25) is 0 Å². The van der Waals surface area contributed by atoms with Crippen LogP contribution in [-0.4, -0.2) is 20.6 Å². The van der Waals surface area contributed by atoms with Crippen molar-refractivity contribution in [2.24, 2.45) is 0 Å². The van der Waals surface area contributed by atoms with Gasteiger partial charge in [0.15, 0.2) is 0 Å². The minimum atomic E-state index is -0.814. The first-order chi connectivity index (χ1) is 10.7. The Morgan fingerprint density at radius 2 is 2.23 bits per heavy atom. The van der Waals surface area contributed by atoms with Crippen molar-refractivity contribution in [3.8, 4) is 0 Å². The lowest BCUT2D eigenvalue weighted by Gasteiger charge is -2.07. The molecular formula is C17H18N2O2S. The van der Waals surface area contributed by atoms with E-state index in [0.29, 0.717) is 0 Å². The quantitative estimate of drug-likeness (QED) is 0.754. The molecule has 3 aromatic rings. The number of carbonyl (C=O) groups is 1. The lowest BCUT2D eigenvalue weighted by Crippen LogP contribution is -2.03. The van der Waals surface area contributed by atoms with Crippen LogP contribution in [0.3, 0.4) is 0 Å². The molecule has 0 spiro atoms.